The molecular formula is C21H22FNO2. The lowest BCUT2D eigenvalue weighted by molar-refractivity contribution is -0.270. The molecule has 0 radical (unpaired) electrons. The van der Waals surface area contributed by atoms with Gasteiger partial charge in [0.05, 0.1) is 5.56 Å². The molecule has 0 bridgehead atoms. The van der Waals surface area contributed by atoms with E-state index in [9.17, 15) is 9.65 Å². The maximum absolute atomic E-state index is 13.8. The Kier molecular flexibility index (Phi) is 5.47. The lowest BCUT2D eigenvalue weighted by Crippen LogP contribution is -2.11. The molecule has 1 fully saturated rings. The lowest BCUT2D eigenvalue weighted by Gasteiger charge is -2.26. The molecule has 1 atom stereocenters. The topological polar surface area (TPSA) is 53.2 Å². The number of benzene rings is 2. The van der Waals surface area contributed by atoms with Crippen molar-refractivity contribution < 1.29 is 14.5 Å². The first kappa shape index (κ1) is 17.6. The smallest absolute Gasteiger partial charge is 0.143 e. The van der Waals surface area contributed by atoms with Crippen LogP contribution in [0.4, 0.5) is 4.39 Å². The van der Waals surface area contributed by atoms with Crippen LogP contribution in [-0.2, 0) is 4.89 Å². The van der Waals surface area contributed by atoms with Gasteiger partial charge in [0.25, 0.3) is 0 Å². The van der Waals surface area contributed by atoms with Crippen LogP contribution in [-0.4, -0.2) is 5.26 Å². The molecule has 3 rings (SSSR count). The van der Waals surface area contributed by atoms with E-state index in [1.165, 1.54) is 43.4 Å². The van der Waals surface area contributed by atoms with Gasteiger partial charge in [-0.05, 0) is 53.5 Å². The van der Waals surface area contributed by atoms with Crippen molar-refractivity contribution in [3.05, 3.63) is 70.5 Å². The number of nitrogens with zero attached hydrogens (tertiary/aromatic N) is 1. The summed E-state index contributed by atoms with van der Waals surface area (Å²) in [5.74, 6) is 0.787. The molecule has 0 heterocycles. The van der Waals surface area contributed by atoms with Crippen molar-refractivity contribution in [2.75, 3.05) is 0 Å². The standard InChI is InChI=1S/C21H22FNO2/c1-14-2-4-15(5-3-14)16-6-8-17(9-7-16)21(25-24)18-10-11-19(13-23)20(22)12-18/h6-12,14-15,21,24H,2-5H2,1H3. The zero-order valence-electron chi connectivity index (χ0n) is 14.3. The van der Waals surface area contributed by atoms with Crippen molar-refractivity contribution in [2.45, 2.75) is 44.6 Å². The number of rotatable bonds is 4. The summed E-state index contributed by atoms with van der Waals surface area (Å²) in [7, 11) is 0. The zero-order valence-corrected chi connectivity index (χ0v) is 14.3. The van der Waals surface area contributed by atoms with Crippen LogP contribution < -0.4 is 0 Å². The highest BCUT2D eigenvalue weighted by atomic mass is 19.1. The van der Waals surface area contributed by atoms with E-state index in [4.69, 9.17) is 5.26 Å². The fourth-order valence-electron chi connectivity index (χ4n) is 3.64. The minimum Gasteiger partial charge on any atom is -0.251 e. The number of nitriles is 1. The average Bonchev–Trinajstić information content (AvgIpc) is 2.64. The lowest BCUT2D eigenvalue weighted by atomic mass is 9.79. The van der Waals surface area contributed by atoms with Gasteiger partial charge in [0.1, 0.15) is 18.0 Å². The highest BCUT2D eigenvalue weighted by Crippen LogP contribution is 2.36. The number of hydrogen-bond acceptors (Lipinski definition) is 3. The third-order valence-electron chi connectivity index (χ3n) is 5.25. The SMILES string of the molecule is CC1CCC(c2ccc(C(OO)c3ccc(C#N)c(F)c3)cc2)CC1. The second kappa shape index (κ2) is 7.77. The van der Waals surface area contributed by atoms with Crippen molar-refractivity contribution in [3.8, 4) is 6.07 Å². The van der Waals surface area contributed by atoms with E-state index in [0.29, 0.717) is 11.5 Å². The summed E-state index contributed by atoms with van der Waals surface area (Å²) in [6.07, 6.45) is 4.17. The van der Waals surface area contributed by atoms with Crippen LogP contribution in [0.15, 0.2) is 42.5 Å². The van der Waals surface area contributed by atoms with Crippen LogP contribution in [0.5, 0.6) is 0 Å². The van der Waals surface area contributed by atoms with Crippen LogP contribution in [0, 0.1) is 23.1 Å². The normalized spacial score (nSPS) is 21.5. The highest BCUT2D eigenvalue weighted by Gasteiger charge is 2.21. The summed E-state index contributed by atoms with van der Waals surface area (Å²) in [4.78, 5) is 4.60. The summed E-state index contributed by atoms with van der Waals surface area (Å²) in [6, 6.07) is 14.0. The molecule has 0 spiro atoms. The van der Waals surface area contributed by atoms with E-state index in [-0.39, 0.29) is 5.56 Å². The van der Waals surface area contributed by atoms with Gasteiger partial charge in [-0.2, -0.15) is 5.26 Å². The highest BCUT2D eigenvalue weighted by molar-refractivity contribution is 5.38. The number of hydrogen-bond donors (Lipinski definition) is 1. The molecule has 2 aromatic carbocycles. The Bertz CT molecular complexity index is 758. The monoisotopic (exact) mass is 339 g/mol. The van der Waals surface area contributed by atoms with Crippen LogP contribution in [0.25, 0.3) is 0 Å². The molecule has 0 aliphatic heterocycles. The average molecular weight is 339 g/mol. The van der Waals surface area contributed by atoms with Crippen LogP contribution in [0.3, 0.4) is 0 Å². The maximum Gasteiger partial charge on any atom is 0.143 e. The fourth-order valence-corrected chi connectivity index (χ4v) is 3.64. The largest absolute Gasteiger partial charge is 0.251 e. The van der Waals surface area contributed by atoms with Gasteiger partial charge in [0.2, 0.25) is 0 Å². The molecule has 0 saturated heterocycles. The third kappa shape index (κ3) is 3.89. The van der Waals surface area contributed by atoms with Crippen molar-refractivity contribution in [3.63, 3.8) is 0 Å². The molecule has 1 aliphatic rings. The Morgan fingerprint density at radius 3 is 2.28 bits per heavy atom. The Balaban J connectivity index is 1.80. The molecule has 4 heteroatoms. The Morgan fingerprint density at radius 2 is 1.72 bits per heavy atom. The second-order valence-corrected chi connectivity index (χ2v) is 6.96. The molecule has 0 amide bonds. The van der Waals surface area contributed by atoms with E-state index in [1.54, 1.807) is 12.1 Å². The first-order valence-corrected chi connectivity index (χ1v) is 8.72. The Hall–Kier alpha value is -2.22. The minimum atomic E-state index is -0.775. The maximum atomic E-state index is 13.8. The molecule has 3 nitrogen and oxygen atoms in total. The van der Waals surface area contributed by atoms with E-state index in [0.717, 1.165) is 11.5 Å². The van der Waals surface area contributed by atoms with Gasteiger partial charge in [-0.1, -0.05) is 50.1 Å². The van der Waals surface area contributed by atoms with Gasteiger partial charge in [0.15, 0.2) is 0 Å². The van der Waals surface area contributed by atoms with Gasteiger partial charge < -0.3 is 0 Å². The predicted octanol–water partition coefficient (Wildman–Crippen LogP) is 5.57. The molecule has 1 N–H and O–H groups in total. The quantitative estimate of drug-likeness (QED) is 0.585. The van der Waals surface area contributed by atoms with E-state index in [2.05, 4.69) is 23.9 Å². The first-order valence-electron chi connectivity index (χ1n) is 8.72. The predicted molar refractivity (Wildman–Crippen MR) is 93.5 cm³/mol. The molecule has 2 aromatic rings. The molecule has 0 aromatic heterocycles. The van der Waals surface area contributed by atoms with Crippen LogP contribution in [0.2, 0.25) is 0 Å². The van der Waals surface area contributed by atoms with Gasteiger partial charge in [0, 0.05) is 0 Å². The van der Waals surface area contributed by atoms with Crippen molar-refractivity contribution in [1.29, 1.82) is 5.26 Å². The summed E-state index contributed by atoms with van der Waals surface area (Å²) in [5.41, 5.74) is 2.50. The van der Waals surface area contributed by atoms with Gasteiger partial charge in [-0.15, -0.1) is 0 Å². The molecule has 130 valence electrons. The van der Waals surface area contributed by atoms with E-state index < -0.39 is 11.9 Å². The zero-order chi connectivity index (χ0) is 17.8. The Labute approximate surface area is 147 Å². The minimum absolute atomic E-state index is 0.0256. The molecule has 1 aliphatic carbocycles. The van der Waals surface area contributed by atoms with Crippen molar-refractivity contribution >= 4 is 0 Å². The summed E-state index contributed by atoms with van der Waals surface area (Å²) in [6.45, 7) is 2.30. The van der Waals surface area contributed by atoms with Gasteiger partial charge in [-0.25, -0.2) is 9.28 Å². The third-order valence-corrected chi connectivity index (χ3v) is 5.25. The second-order valence-electron chi connectivity index (χ2n) is 6.96. The van der Waals surface area contributed by atoms with Crippen molar-refractivity contribution in [1.82, 2.24) is 0 Å². The number of halogens is 1. The molecular weight excluding hydrogens is 317 g/mol. The van der Waals surface area contributed by atoms with Gasteiger partial charge in [-0.3, -0.25) is 5.26 Å². The van der Waals surface area contributed by atoms with Gasteiger partial charge >= 0.3 is 0 Å². The van der Waals surface area contributed by atoms with E-state index >= 15 is 0 Å². The van der Waals surface area contributed by atoms with Crippen molar-refractivity contribution in [2.24, 2.45) is 5.92 Å². The summed E-state index contributed by atoms with van der Waals surface area (Å²) >= 11 is 0. The fraction of sp³-hybridized carbons (Fsp3) is 0.381. The summed E-state index contributed by atoms with van der Waals surface area (Å²) in [5, 5.41) is 18.1. The molecule has 1 saturated carbocycles. The van der Waals surface area contributed by atoms with Crippen LogP contribution >= 0.6 is 0 Å². The molecule has 25 heavy (non-hydrogen) atoms. The van der Waals surface area contributed by atoms with Crippen LogP contribution in [0.1, 0.15) is 66.9 Å². The Morgan fingerprint density at radius 1 is 1.08 bits per heavy atom. The first-order chi connectivity index (χ1) is 12.1. The van der Waals surface area contributed by atoms with E-state index in [1.807, 2.05) is 12.1 Å². The molecule has 1 unspecified atom stereocenters. The summed E-state index contributed by atoms with van der Waals surface area (Å²) < 4.78 is 13.8.